The van der Waals surface area contributed by atoms with E-state index in [-0.39, 0.29) is 23.0 Å². The molecule has 8 heteroatoms. The highest BCUT2D eigenvalue weighted by Crippen LogP contribution is 2.30. The molecule has 0 bridgehead atoms. The number of nitrogens with two attached hydrogens (primary N) is 1. The van der Waals surface area contributed by atoms with Crippen molar-refractivity contribution in [3.05, 3.63) is 53.3 Å². The SMILES string of the molecule is CCCCCCC(=O)Nc1ccc(NCCCc2ccc(C(F)(F)F)cc2)c(F)c1N. The highest BCUT2D eigenvalue weighted by molar-refractivity contribution is 5.94. The molecule has 0 aliphatic carbocycles. The summed E-state index contributed by atoms with van der Waals surface area (Å²) < 4.78 is 52.3. The van der Waals surface area contributed by atoms with Gasteiger partial charge >= 0.3 is 6.18 Å². The summed E-state index contributed by atoms with van der Waals surface area (Å²) in [7, 11) is 0. The Morgan fingerprint density at radius 2 is 1.65 bits per heavy atom. The average molecular weight is 439 g/mol. The molecular weight excluding hydrogens is 410 g/mol. The molecule has 0 spiro atoms. The molecule has 0 aliphatic rings. The summed E-state index contributed by atoms with van der Waals surface area (Å²) in [5.41, 5.74) is 6.25. The van der Waals surface area contributed by atoms with Crippen molar-refractivity contribution < 1.29 is 22.4 Å². The highest BCUT2D eigenvalue weighted by atomic mass is 19.4. The Labute approximate surface area is 180 Å². The molecule has 0 radical (unpaired) electrons. The predicted molar refractivity (Wildman–Crippen MR) is 116 cm³/mol. The molecule has 0 heterocycles. The van der Waals surface area contributed by atoms with E-state index < -0.39 is 17.6 Å². The van der Waals surface area contributed by atoms with E-state index in [1.165, 1.54) is 18.2 Å². The number of halogens is 4. The van der Waals surface area contributed by atoms with Gasteiger partial charge in [0.25, 0.3) is 0 Å². The summed E-state index contributed by atoms with van der Waals surface area (Å²) in [4.78, 5) is 12.0. The molecule has 0 fully saturated rings. The van der Waals surface area contributed by atoms with Crippen molar-refractivity contribution in [1.82, 2.24) is 0 Å². The first kappa shape index (κ1) is 24.5. The van der Waals surface area contributed by atoms with Crippen LogP contribution in [0.4, 0.5) is 34.6 Å². The van der Waals surface area contributed by atoms with E-state index in [4.69, 9.17) is 5.73 Å². The van der Waals surface area contributed by atoms with Crippen LogP contribution in [0, 0.1) is 5.82 Å². The van der Waals surface area contributed by atoms with E-state index in [1.54, 1.807) is 6.07 Å². The molecule has 31 heavy (non-hydrogen) atoms. The van der Waals surface area contributed by atoms with Crippen LogP contribution in [0.3, 0.4) is 0 Å². The summed E-state index contributed by atoms with van der Waals surface area (Å²) >= 11 is 0. The van der Waals surface area contributed by atoms with Gasteiger partial charge in [-0.1, -0.05) is 38.3 Å². The zero-order valence-electron chi connectivity index (χ0n) is 17.6. The minimum atomic E-state index is -4.35. The number of aryl methyl sites for hydroxylation is 1. The smallest absolute Gasteiger partial charge is 0.395 e. The number of rotatable bonds is 11. The molecule has 170 valence electrons. The van der Waals surface area contributed by atoms with Gasteiger partial charge < -0.3 is 16.4 Å². The molecule has 0 unspecified atom stereocenters. The van der Waals surface area contributed by atoms with Gasteiger partial charge in [0.1, 0.15) is 0 Å². The second kappa shape index (κ2) is 11.6. The van der Waals surface area contributed by atoms with Crippen LogP contribution in [0.2, 0.25) is 0 Å². The number of nitrogens with one attached hydrogen (secondary N) is 2. The lowest BCUT2D eigenvalue weighted by atomic mass is 10.1. The third-order valence-corrected chi connectivity index (χ3v) is 4.95. The van der Waals surface area contributed by atoms with Gasteiger partial charge in [-0.05, 0) is 49.1 Å². The number of amides is 1. The first-order valence-electron chi connectivity index (χ1n) is 10.5. The molecule has 4 nitrogen and oxygen atoms in total. The Morgan fingerprint density at radius 1 is 0.968 bits per heavy atom. The Kier molecular flexibility index (Phi) is 9.15. The van der Waals surface area contributed by atoms with Crippen molar-refractivity contribution in [1.29, 1.82) is 0 Å². The maximum atomic E-state index is 14.5. The Bertz CT molecular complexity index is 851. The summed E-state index contributed by atoms with van der Waals surface area (Å²) in [6, 6.07) is 8.07. The Hall–Kier alpha value is -2.77. The van der Waals surface area contributed by atoms with Crippen LogP contribution in [0.25, 0.3) is 0 Å². The Balaban J connectivity index is 1.82. The fourth-order valence-electron chi connectivity index (χ4n) is 3.14. The fourth-order valence-corrected chi connectivity index (χ4v) is 3.14. The number of hydrogen-bond donors (Lipinski definition) is 3. The van der Waals surface area contributed by atoms with Crippen LogP contribution in [0.15, 0.2) is 36.4 Å². The van der Waals surface area contributed by atoms with Crippen LogP contribution in [-0.2, 0) is 17.4 Å². The normalized spacial score (nSPS) is 11.4. The first-order valence-corrected chi connectivity index (χ1v) is 10.5. The van der Waals surface area contributed by atoms with Crippen LogP contribution in [-0.4, -0.2) is 12.5 Å². The van der Waals surface area contributed by atoms with Gasteiger partial charge in [0.15, 0.2) is 5.82 Å². The molecular formula is C23H29F4N3O. The number of hydrogen-bond acceptors (Lipinski definition) is 3. The zero-order chi connectivity index (χ0) is 22.9. The lowest BCUT2D eigenvalue weighted by Gasteiger charge is -2.13. The van der Waals surface area contributed by atoms with E-state index in [0.717, 1.165) is 43.4 Å². The van der Waals surface area contributed by atoms with Crippen LogP contribution < -0.4 is 16.4 Å². The fraction of sp³-hybridized carbons (Fsp3) is 0.435. The zero-order valence-corrected chi connectivity index (χ0v) is 17.6. The van der Waals surface area contributed by atoms with Gasteiger partial charge in [-0.25, -0.2) is 4.39 Å². The molecule has 2 rings (SSSR count). The predicted octanol–water partition coefficient (Wildman–Crippen LogP) is 6.38. The molecule has 2 aromatic rings. The molecule has 1 amide bonds. The quantitative estimate of drug-likeness (QED) is 0.216. The van der Waals surface area contributed by atoms with Gasteiger partial charge in [-0.2, -0.15) is 13.2 Å². The molecule has 2 aromatic carbocycles. The molecule has 4 N–H and O–H groups in total. The van der Waals surface area contributed by atoms with Crippen LogP contribution >= 0.6 is 0 Å². The largest absolute Gasteiger partial charge is 0.416 e. The summed E-state index contributed by atoms with van der Waals surface area (Å²) in [6.07, 6.45) is 1.07. The van der Waals surface area contributed by atoms with Crippen molar-refractivity contribution in [3.63, 3.8) is 0 Å². The van der Waals surface area contributed by atoms with Crippen molar-refractivity contribution in [2.24, 2.45) is 0 Å². The summed E-state index contributed by atoms with van der Waals surface area (Å²) in [5, 5.41) is 5.59. The lowest BCUT2D eigenvalue weighted by molar-refractivity contribution is -0.137. The maximum absolute atomic E-state index is 14.5. The Morgan fingerprint density at radius 3 is 2.29 bits per heavy atom. The first-order chi connectivity index (χ1) is 14.7. The third kappa shape index (κ3) is 7.77. The van der Waals surface area contributed by atoms with Crippen molar-refractivity contribution in [2.45, 2.75) is 58.0 Å². The molecule has 0 aliphatic heterocycles. The number of unbranched alkanes of at least 4 members (excludes halogenated alkanes) is 3. The molecule has 0 saturated heterocycles. The monoisotopic (exact) mass is 439 g/mol. The van der Waals surface area contributed by atoms with E-state index in [2.05, 4.69) is 17.6 Å². The average Bonchev–Trinajstić information content (AvgIpc) is 2.73. The standard InChI is InChI=1S/C23H29F4N3O/c1-2-3-4-5-8-20(31)30-19-14-13-18(21(24)22(19)28)29-15-6-7-16-9-11-17(12-10-16)23(25,26)27/h9-14,29H,2-8,15,28H2,1H3,(H,30,31). The molecule has 0 saturated carbocycles. The number of benzene rings is 2. The second-order valence-electron chi connectivity index (χ2n) is 7.47. The third-order valence-electron chi connectivity index (χ3n) is 4.95. The van der Waals surface area contributed by atoms with E-state index >= 15 is 0 Å². The van der Waals surface area contributed by atoms with Crippen molar-refractivity contribution >= 4 is 23.0 Å². The number of carbonyl (C=O) groups excluding carboxylic acids is 1. The van der Waals surface area contributed by atoms with E-state index in [1.807, 2.05) is 0 Å². The number of anilines is 3. The minimum Gasteiger partial charge on any atom is -0.395 e. The topological polar surface area (TPSA) is 67.2 Å². The van der Waals surface area contributed by atoms with E-state index in [9.17, 15) is 22.4 Å². The number of alkyl halides is 3. The highest BCUT2D eigenvalue weighted by Gasteiger charge is 2.29. The minimum absolute atomic E-state index is 0.130. The van der Waals surface area contributed by atoms with Crippen LogP contribution in [0.1, 0.15) is 56.6 Å². The summed E-state index contributed by atoms with van der Waals surface area (Å²) in [5.74, 6) is -0.835. The van der Waals surface area contributed by atoms with Gasteiger partial charge in [-0.15, -0.1) is 0 Å². The summed E-state index contributed by atoms with van der Waals surface area (Å²) in [6.45, 7) is 2.51. The van der Waals surface area contributed by atoms with Crippen molar-refractivity contribution in [2.75, 3.05) is 22.9 Å². The second-order valence-corrected chi connectivity index (χ2v) is 7.47. The van der Waals surface area contributed by atoms with Crippen molar-refractivity contribution in [3.8, 4) is 0 Å². The number of nitrogen functional groups attached to an aromatic ring is 1. The molecule has 0 atom stereocenters. The van der Waals surface area contributed by atoms with Crippen LogP contribution in [0.5, 0.6) is 0 Å². The molecule has 0 aromatic heterocycles. The van der Waals surface area contributed by atoms with Gasteiger partial charge in [0.2, 0.25) is 5.91 Å². The maximum Gasteiger partial charge on any atom is 0.416 e. The van der Waals surface area contributed by atoms with Gasteiger partial charge in [0, 0.05) is 13.0 Å². The lowest BCUT2D eigenvalue weighted by Crippen LogP contribution is -2.14. The number of carbonyl (C=O) groups is 1. The van der Waals surface area contributed by atoms with E-state index in [0.29, 0.717) is 25.8 Å². The van der Waals surface area contributed by atoms with Gasteiger partial charge in [0.05, 0.1) is 22.6 Å². The van der Waals surface area contributed by atoms with Gasteiger partial charge in [-0.3, -0.25) is 4.79 Å².